The standard InChI is InChI=1S/C43H40N8O10/c1-23-18-28(21-30(19-23)55-4)49-16-17-50(36-40(56-5)47-38-31(45-36)20-24(2)58-38)32(22-49)61-43(54)51(42(53)60-29-10-8-7-9-11-29)37-41(57-6)48-39-34(46-37)33(25(3)59-39)26-12-14-27(15-13-26)35(44)52/h7-15,18-21,32H,16-17,22H2,1-6H3,(H2,44,52). The maximum absolute atomic E-state index is 14.9. The van der Waals surface area contributed by atoms with Gasteiger partial charge >= 0.3 is 12.2 Å². The summed E-state index contributed by atoms with van der Waals surface area (Å²) in [5, 5.41) is 0. The summed E-state index contributed by atoms with van der Waals surface area (Å²) in [5.41, 5.74) is 9.56. The minimum atomic E-state index is -1.19. The van der Waals surface area contributed by atoms with E-state index in [9.17, 15) is 14.4 Å². The lowest BCUT2D eigenvalue weighted by Gasteiger charge is -2.42. The number of methoxy groups -OCH3 is 3. The van der Waals surface area contributed by atoms with Crippen LogP contribution < -0.4 is 39.4 Å². The molecule has 1 saturated heterocycles. The Morgan fingerprint density at radius 2 is 1.51 bits per heavy atom. The fraction of sp³-hybridized carbons (Fsp3) is 0.233. The maximum Gasteiger partial charge on any atom is 0.430 e. The fourth-order valence-corrected chi connectivity index (χ4v) is 7.10. The van der Waals surface area contributed by atoms with E-state index in [1.54, 1.807) is 86.5 Å². The van der Waals surface area contributed by atoms with Crippen molar-refractivity contribution in [2.24, 2.45) is 5.73 Å². The second-order valence-corrected chi connectivity index (χ2v) is 14.0. The van der Waals surface area contributed by atoms with Gasteiger partial charge in [0.2, 0.25) is 23.2 Å². The van der Waals surface area contributed by atoms with Gasteiger partial charge < -0.3 is 48.1 Å². The molecule has 2 N–H and O–H groups in total. The van der Waals surface area contributed by atoms with Crippen molar-refractivity contribution in [3.8, 4) is 34.4 Å². The third-order valence-electron chi connectivity index (χ3n) is 9.94. The van der Waals surface area contributed by atoms with Gasteiger partial charge in [0, 0.05) is 36.5 Å². The molecule has 3 aromatic carbocycles. The average Bonchev–Trinajstić information content (AvgIpc) is 3.79. The summed E-state index contributed by atoms with van der Waals surface area (Å²) < 4.78 is 40.7. The van der Waals surface area contributed by atoms with E-state index in [0.29, 0.717) is 50.9 Å². The average molecular weight is 829 g/mol. The number of aromatic nitrogens is 4. The first-order valence-electron chi connectivity index (χ1n) is 19.0. The molecular formula is C43H40N8O10. The molecule has 1 aliphatic rings. The van der Waals surface area contributed by atoms with Crippen LogP contribution in [0.1, 0.15) is 27.4 Å². The molecule has 0 spiro atoms. The van der Waals surface area contributed by atoms with Crippen molar-refractivity contribution in [2.45, 2.75) is 27.0 Å². The Morgan fingerprint density at radius 1 is 0.770 bits per heavy atom. The van der Waals surface area contributed by atoms with Gasteiger partial charge in [-0.05, 0) is 68.3 Å². The number of hydrogen-bond acceptors (Lipinski definition) is 16. The van der Waals surface area contributed by atoms with E-state index >= 15 is 0 Å². The van der Waals surface area contributed by atoms with E-state index in [1.807, 2.05) is 30.0 Å². The van der Waals surface area contributed by atoms with Crippen molar-refractivity contribution in [2.75, 3.05) is 55.7 Å². The highest BCUT2D eigenvalue weighted by molar-refractivity contribution is 6.11. The number of benzene rings is 3. The monoisotopic (exact) mass is 828 g/mol. The molecule has 1 aliphatic heterocycles. The van der Waals surface area contributed by atoms with Gasteiger partial charge in [-0.15, -0.1) is 0 Å². The zero-order valence-electron chi connectivity index (χ0n) is 34.0. The molecule has 1 atom stereocenters. The molecule has 0 bridgehead atoms. The molecular weight excluding hydrogens is 789 g/mol. The molecule has 1 fully saturated rings. The number of ether oxygens (including phenoxy) is 5. The van der Waals surface area contributed by atoms with E-state index in [2.05, 4.69) is 9.97 Å². The third kappa shape index (κ3) is 7.85. The topological polar surface area (TPSA) is 211 Å². The molecule has 61 heavy (non-hydrogen) atoms. The van der Waals surface area contributed by atoms with Gasteiger partial charge in [-0.1, -0.05) is 30.3 Å². The van der Waals surface area contributed by atoms with Crippen LogP contribution in [0.5, 0.6) is 23.3 Å². The first-order chi connectivity index (χ1) is 29.4. The first kappa shape index (κ1) is 39.9. The van der Waals surface area contributed by atoms with Crippen LogP contribution in [-0.2, 0) is 4.74 Å². The molecule has 1 unspecified atom stereocenters. The Hall–Kier alpha value is -7.89. The van der Waals surface area contributed by atoms with Gasteiger partial charge in [0.1, 0.15) is 34.1 Å². The summed E-state index contributed by atoms with van der Waals surface area (Å²) in [7, 11) is 4.34. The van der Waals surface area contributed by atoms with Crippen molar-refractivity contribution < 1.29 is 46.9 Å². The number of piperazine rings is 1. The molecule has 8 rings (SSSR count). The van der Waals surface area contributed by atoms with Crippen molar-refractivity contribution in [1.29, 1.82) is 0 Å². The predicted octanol–water partition coefficient (Wildman–Crippen LogP) is 6.97. The lowest BCUT2D eigenvalue weighted by Crippen LogP contribution is -2.57. The number of carbonyl (C=O) groups excluding carboxylic acids is 3. The molecule has 3 amide bonds. The van der Waals surface area contributed by atoms with Crippen LogP contribution in [0.25, 0.3) is 33.6 Å². The number of fused-ring (bicyclic) bond motifs is 2. The number of para-hydroxylation sites is 1. The summed E-state index contributed by atoms with van der Waals surface area (Å²) in [6.45, 7) is 6.23. The summed E-state index contributed by atoms with van der Waals surface area (Å²) in [6, 6.07) is 22.2. The number of carbonyl (C=O) groups is 3. The molecule has 7 aromatic rings. The number of amides is 3. The zero-order valence-corrected chi connectivity index (χ0v) is 34.0. The summed E-state index contributed by atoms with van der Waals surface area (Å²) in [4.78, 5) is 64.2. The molecule has 4 aromatic heterocycles. The Kier molecular flexibility index (Phi) is 10.7. The lowest BCUT2D eigenvalue weighted by molar-refractivity contribution is 0.0970. The molecule has 18 nitrogen and oxygen atoms in total. The number of primary amides is 1. The minimum Gasteiger partial charge on any atom is -0.497 e. The summed E-state index contributed by atoms with van der Waals surface area (Å²) in [6.07, 6.45) is -3.50. The molecule has 5 heterocycles. The highest BCUT2D eigenvalue weighted by Crippen LogP contribution is 2.38. The van der Waals surface area contributed by atoms with Gasteiger partial charge in [0.15, 0.2) is 12.0 Å². The number of nitrogens with zero attached hydrogens (tertiary/aromatic N) is 7. The Balaban J connectivity index is 1.24. The van der Waals surface area contributed by atoms with Crippen LogP contribution >= 0.6 is 0 Å². The van der Waals surface area contributed by atoms with Gasteiger partial charge in [0.25, 0.3) is 11.8 Å². The van der Waals surface area contributed by atoms with Crippen LogP contribution in [0, 0.1) is 20.8 Å². The van der Waals surface area contributed by atoms with Crippen LogP contribution in [0.3, 0.4) is 0 Å². The quantitative estimate of drug-likeness (QED) is 0.147. The second-order valence-electron chi connectivity index (χ2n) is 14.0. The smallest absolute Gasteiger partial charge is 0.430 e. The number of aryl methyl sites for hydroxylation is 3. The molecule has 0 aliphatic carbocycles. The molecule has 312 valence electrons. The Labute approximate surface area is 348 Å². The van der Waals surface area contributed by atoms with Crippen molar-refractivity contribution in [1.82, 2.24) is 19.9 Å². The zero-order chi connectivity index (χ0) is 42.9. The van der Waals surface area contributed by atoms with Crippen molar-refractivity contribution >= 4 is 57.9 Å². The van der Waals surface area contributed by atoms with Crippen LogP contribution in [0.2, 0.25) is 0 Å². The highest BCUT2D eigenvalue weighted by atomic mass is 16.6. The van der Waals surface area contributed by atoms with Gasteiger partial charge in [-0.2, -0.15) is 14.9 Å². The first-order valence-corrected chi connectivity index (χ1v) is 19.0. The molecule has 18 heteroatoms. The summed E-state index contributed by atoms with van der Waals surface area (Å²) >= 11 is 0. The normalized spacial score (nSPS) is 13.9. The van der Waals surface area contributed by atoms with Crippen LogP contribution in [0.4, 0.5) is 26.9 Å². The summed E-state index contributed by atoms with van der Waals surface area (Å²) in [5.74, 6) is 0.975. The Bertz CT molecular complexity index is 2790. The van der Waals surface area contributed by atoms with Crippen molar-refractivity contribution in [3.63, 3.8) is 0 Å². The molecule has 0 saturated carbocycles. The van der Waals surface area contributed by atoms with Gasteiger partial charge in [-0.25, -0.2) is 19.6 Å². The number of rotatable bonds is 10. The van der Waals surface area contributed by atoms with Crippen molar-refractivity contribution in [3.05, 3.63) is 102 Å². The maximum atomic E-state index is 14.9. The number of hydrogen-bond donors (Lipinski definition) is 1. The number of nitrogens with two attached hydrogens (primary N) is 1. The second kappa shape index (κ2) is 16.4. The third-order valence-corrected chi connectivity index (χ3v) is 9.94. The van der Waals surface area contributed by atoms with E-state index in [1.165, 1.54) is 14.2 Å². The molecule has 0 radical (unpaired) electrons. The van der Waals surface area contributed by atoms with Gasteiger partial charge in [-0.3, -0.25) is 4.79 Å². The van der Waals surface area contributed by atoms with E-state index in [4.69, 9.17) is 48.2 Å². The minimum absolute atomic E-state index is 0.0510. The van der Waals surface area contributed by atoms with Crippen LogP contribution in [0.15, 0.2) is 87.7 Å². The number of anilines is 3. The SMILES string of the molecule is COc1cc(C)cc(N2CCN(c3nc4cc(C)oc4nc3OC)C(OC(=O)N(C(=O)Oc3ccccc3)c3nc4c(-c5ccc(C(N)=O)cc5)c(C)oc4nc3OC)C2)c1. The van der Waals surface area contributed by atoms with E-state index in [0.717, 1.165) is 11.3 Å². The largest absolute Gasteiger partial charge is 0.497 e. The Morgan fingerprint density at radius 3 is 2.21 bits per heavy atom. The van der Waals surface area contributed by atoms with Crippen LogP contribution in [-0.4, -0.2) is 85.2 Å². The lowest BCUT2D eigenvalue weighted by atomic mass is 10.0. The number of furan rings is 2. The van der Waals surface area contributed by atoms with E-state index < -0.39 is 24.3 Å². The highest BCUT2D eigenvalue weighted by Gasteiger charge is 2.40. The van der Waals surface area contributed by atoms with E-state index in [-0.39, 0.29) is 59.2 Å². The predicted molar refractivity (Wildman–Crippen MR) is 223 cm³/mol. The fourth-order valence-electron chi connectivity index (χ4n) is 7.10. The number of imide groups is 1. The van der Waals surface area contributed by atoms with Gasteiger partial charge in [0.05, 0.1) is 33.4 Å².